The van der Waals surface area contributed by atoms with Crippen LogP contribution in [0.5, 0.6) is 0 Å². The molecule has 2 rings (SSSR count). The van der Waals surface area contributed by atoms with Gasteiger partial charge < -0.3 is 5.43 Å². The van der Waals surface area contributed by atoms with Crippen LogP contribution in [0.2, 0.25) is 5.02 Å². The van der Waals surface area contributed by atoms with Crippen LogP contribution in [0.4, 0.5) is 5.69 Å². The Morgan fingerprint density at radius 3 is 2.70 bits per heavy atom. The van der Waals surface area contributed by atoms with Crippen LogP contribution < -0.4 is 5.43 Å². The van der Waals surface area contributed by atoms with Crippen molar-refractivity contribution in [2.45, 2.75) is 6.54 Å². The van der Waals surface area contributed by atoms with Gasteiger partial charge in [-0.2, -0.15) is 5.10 Å². The summed E-state index contributed by atoms with van der Waals surface area (Å²) >= 11 is 5.73. The van der Waals surface area contributed by atoms with Gasteiger partial charge in [-0.05, 0) is 11.6 Å². The largest absolute Gasteiger partial charge is 0.306 e. The number of halogens is 1. The van der Waals surface area contributed by atoms with Gasteiger partial charge >= 0.3 is 0 Å². The van der Waals surface area contributed by atoms with Gasteiger partial charge in [0, 0.05) is 11.6 Å². The van der Waals surface area contributed by atoms with Gasteiger partial charge in [-0.15, -0.1) is 0 Å². The third-order valence-corrected chi connectivity index (χ3v) is 2.92. The van der Waals surface area contributed by atoms with Gasteiger partial charge in [0.25, 0.3) is 5.69 Å². The van der Waals surface area contributed by atoms with Gasteiger partial charge in [0.2, 0.25) is 0 Å². The second-order valence-corrected chi connectivity index (χ2v) is 4.45. The number of hydrazone groups is 1. The Bertz CT molecular complexity index is 630. The summed E-state index contributed by atoms with van der Waals surface area (Å²) in [4.78, 5) is 10.2. The van der Waals surface area contributed by atoms with Crippen molar-refractivity contribution in [2.24, 2.45) is 5.10 Å². The number of hydrogen-bond donors (Lipinski definition) is 1. The molecule has 0 radical (unpaired) electrons. The quantitative estimate of drug-likeness (QED) is 0.521. The molecule has 20 heavy (non-hydrogen) atoms. The summed E-state index contributed by atoms with van der Waals surface area (Å²) in [6.07, 6.45) is 1.52. The van der Waals surface area contributed by atoms with E-state index in [4.69, 9.17) is 11.6 Å². The molecule has 2 aromatic rings. The minimum absolute atomic E-state index is 0.115. The lowest BCUT2D eigenvalue weighted by Gasteiger charge is -2.00. The molecular weight excluding hydrogens is 278 g/mol. The molecule has 0 aliphatic rings. The van der Waals surface area contributed by atoms with Crippen molar-refractivity contribution in [3.8, 4) is 0 Å². The molecule has 0 heterocycles. The van der Waals surface area contributed by atoms with E-state index in [0.29, 0.717) is 12.1 Å². The highest BCUT2D eigenvalue weighted by Crippen LogP contribution is 2.24. The zero-order valence-electron chi connectivity index (χ0n) is 10.5. The summed E-state index contributed by atoms with van der Waals surface area (Å²) in [7, 11) is 0. The molecule has 0 aliphatic heterocycles. The Hall–Kier alpha value is -2.40. The van der Waals surface area contributed by atoms with Crippen molar-refractivity contribution in [3.05, 3.63) is 74.8 Å². The molecule has 1 N–H and O–H groups in total. The van der Waals surface area contributed by atoms with Gasteiger partial charge in [0.15, 0.2) is 0 Å². The van der Waals surface area contributed by atoms with Gasteiger partial charge in [-0.25, -0.2) is 0 Å². The smallest absolute Gasteiger partial charge is 0.288 e. The third-order valence-electron chi connectivity index (χ3n) is 2.60. The predicted octanol–water partition coefficient (Wildman–Crippen LogP) is 3.37. The zero-order valence-corrected chi connectivity index (χ0v) is 11.2. The fourth-order valence-corrected chi connectivity index (χ4v) is 1.79. The number of nitro benzene ring substituents is 1. The number of benzene rings is 2. The van der Waals surface area contributed by atoms with Crippen molar-refractivity contribution in [3.63, 3.8) is 0 Å². The first-order valence-corrected chi connectivity index (χ1v) is 6.28. The molecular formula is C14H12ClN3O2. The summed E-state index contributed by atoms with van der Waals surface area (Å²) in [6, 6.07) is 14.3. The molecule has 0 fully saturated rings. The molecule has 0 spiro atoms. The van der Waals surface area contributed by atoms with Crippen LogP contribution in [-0.4, -0.2) is 11.1 Å². The van der Waals surface area contributed by atoms with Gasteiger partial charge in [0.05, 0.1) is 17.7 Å². The second kappa shape index (κ2) is 6.68. The highest BCUT2D eigenvalue weighted by atomic mass is 35.5. The van der Waals surface area contributed by atoms with Gasteiger partial charge in [-0.3, -0.25) is 10.1 Å². The Morgan fingerprint density at radius 1 is 1.25 bits per heavy atom. The van der Waals surface area contributed by atoms with Crippen LogP contribution in [0, 0.1) is 10.1 Å². The first-order chi connectivity index (χ1) is 9.66. The van der Waals surface area contributed by atoms with E-state index < -0.39 is 4.92 Å². The predicted molar refractivity (Wildman–Crippen MR) is 79.0 cm³/mol. The van der Waals surface area contributed by atoms with Crippen LogP contribution in [-0.2, 0) is 6.54 Å². The van der Waals surface area contributed by atoms with Crippen molar-refractivity contribution in [1.29, 1.82) is 0 Å². The first-order valence-electron chi connectivity index (χ1n) is 5.90. The lowest BCUT2D eigenvalue weighted by Crippen LogP contribution is -2.05. The van der Waals surface area contributed by atoms with E-state index in [1.165, 1.54) is 18.3 Å². The highest BCUT2D eigenvalue weighted by Gasteiger charge is 2.11. The van der Waals surface area contributed by atoms with E-state index in [1.54, 1.807) is 6.07 Å². The molecule has 0 saturated heterocycles. The minimum atomic E-state index is -0.517. The second-order valence-electron chi connectivity index (χ2n) is 4.05. The summed E-state index contributed by atoms with van der Waals surface area (Å²) in [6.45, 7) is 0.590. The highest BCUT2D eigenvalue weighted by molar-refractivity contribution is 6.32. The number of nitrogens with zero attached hydrogens (tertiary/aromatic N) is 2. The number of rotatable bonds is 5. The Balaban J connectivity index is 1.98. The van der Waals surface area contributed by atoms with Crippen molar-refractivity contribution >= 4 is 23.5 Å². The zero-order chi connectivity index (χ0) is 14.4. The SMILES string of the molecule is O=[N+]([O-])c1cc(C=NNCc2ccccc2)ccc1Cl. The van der Waals surface area contributed by atoms with Crippen LogP contribution >= 0.6 is 11.6 Å². The van der Waals surface area contributed by atoms with Crippen LogP contribution in [0.25, 0.3) is 0 Å². The van der Waals surface area contributed by atoms with E-state index in [2.05, 4.69) is 10.5 Å². The molecule has 5 nitrogen and oxygen atoms in total. The average Bonchev–Trinajstić information content (AvgIpc) is 2.46. The summed E-state index contributed by atoms with van der Waals surface area (Å²) in [5, 5.41) is 14.9. The van der Waals surface area contributed by atoms with E-state index in [0.717, 1.165) is 5.56 Å². The topological polar surface area (TPSA) is 67.5 Å². The lowest BCUT2D eigenvalue weighted by molar-refractivity contribution is -0.384. The maximum atomic E-state index is 10.7. The molecule has 2 aromatic carbocycles. The van der Waals surface area contributed by atoms with Crippen LogP contribution in [0.3, 0.4) is 0 Å². The molecule has 102 valence electrons. The van der Waals surface area contributed by atoms with Crippen LogP contribution in [0.1, 0.15) is 11.1 Å². The van der Waals surface area contributed by atoms with E-state index >= 15 is 0 Å². The fourth-order valence-electron chi connectivity index (χ4n) is 1.60. The van der Waals surface area contributed by atoms with Crippen molar-refractivity contribution in [1.82, 2.24) is 5.43 Å². The van der Waals surface area contributed by atoms with E-state index in [9.17, 15) is 10.1 Å². The average molecular weight is 290 g/mol. The maximum Gasteiger partial charge on any atom is 0.288 e. The Labute approximate surface area is 121 Å². The molecule has 0 aliphatic carbocycles. The molecule has 0 atom stereocenters. The molecule has 0 unspecified atom stereocenters. The minimum Gasteiger partial charge on any atom is -0.306 e. The summed E-state index contributed by atoms with van der Waals surface area (Å²) < 4.78 is 0. The van der Waals surface area contributed by atoms with E-state index in [1.807, 2.05) is 30.3 Å². The van der Waals surface area contributed by atoms with Gasteiger partial charge in [0.1, 0.15) is 5.02 Å². The molecule has 0 aromatic heterocycles. The lowest BCUT2D eigenvalue weighted by atomic mass is 10.2. The first kappa shape index (κ1) is 14.0. The normalized spacial score (nSPS) is 10.7. The Kier molecular flexibility index (Phi) is 4.68. The molecule has 6 heteroatoms. The Morgan fingerprint density at radius 2 is 2.00 bits per heavy atom. The van der Waals surface area contributed by atoms with Crippen molar-refractivity contribution < 1.29 is 4.92 Å². The number of nitrogens with one attached hydrogen (secondary N) is 1. The number of hydrogen-bond acceptors (Lipinski definition) is 4. The summed E-state index contributed by atoms with van der Waals surface area (Å²) in [5.41, 5.74) is 4.47. The third kappa shape index (κ3) is 3.80. The molecule has 0 bridgehead atoms. The van der Waals surface area contributed by atoms with Gasteiger partial charge in [-0.1, -0.05) is 48.0 Å². The monoisotopic (exact) mass is 289 g/mol. The standard InChI is InChI=1S/C14H12ClN3O2/c15-13-7-6-12(8-14(13)18(19)20)10-17-16-9-11-4-2-1-3-5-11/h1-8,10,16H,9H2. The summed E-state index contributed by atoms with van der Waals surface area (Å²) in [5.74, 6) is 0. The van der Waals surface area contributed by atoms with Crippen LogP contribution in [0.15, 0.2) is 53.6 Å². The van der Waals surface area contributed by atoms with Crippen molar-refractivity contribution in [2.75, 3.05) is 0 Å². The molecule has 0 amide bonds. The maximum absolute atomic E-state index is 10.7. The van der Waals surface area contributed by atoms with E-state index in [-0.39, 0.29) is 10.7 Å². The molecule has 0 saturated carbocycles. The fraction of sp³-hybridized carbons (Fsp3) is 0.0714. The number of nitro groups is 1.